The second-order valence-corrected chi connectivity index (χ2v) is 9.42. The Balaban J connectivity index is 1.86. The van der Waals surface area contributed by atoms with Crippen molar-refractivity contribution in [1.82, 2.24) is 4.98 Å². The molecular weight excluding hydrogens is 411 g/mol. The Hall–Kier alpha value is -3.25. The zero-order chi connectivity index (χ0) is 22.0. The number of fused-ring (bicyclic) bond motifs is 1. The van der Waals surface area contributed by atoms with Crippen LogP contribution in [0.3, 0.4) is 0 Å². The minimum absolute atomic E-state index is 0.124. The molecular formula is C25H23FN2O2S. The highest BCUT2D eigenvalue weighted by Crippen LogP contribution is 2.34. The highest BCUT2D eigenvalue weighted by Gasteiger charge is 2.24. The predicted octanol–water partition coefficient (Wildman–Crippen LogP) is 5.69. The van der Waals surface area contributed by atoms with E-state index in [-0.39, 0.29) is 15.6 Å². The first kappa shape index (κ1) is 21.0. The van der Waals surface area contributed by atoms with E-state index in [0.29, 0.717) is 17.7 Å². The van der Waals surface area contributed by atoms with Gasteiger partial charge in [-0.05, 0) is 60.9 Å². The molecule has 0 amide bonds. The minimum Gasteiger partial charge on any atom is -0.379 e. The lowest BCUT2D eigenvalue weighted by atomic mass is 10.1. The van der Waals surface area contributed by atoms with Gasteiger partial charge >= 0.3 is 0 Å². The first-order valence-electron chi connectivity index (χ1n) is 10.1. The maximum atomic E-state index is 13.5. The number of hydrogen-bond donors (Lipinski definition) is 1. The van der Waals surface area contributed by atoms with Gasteiger partial charge in [0, 0.05) is 18.1 Å². The van der Waals surface area contributed by atoms with Crippen molar-refractivity contribution in [3.8, 4) is 0 Å². The normalized spacial score (nSPS) is 11.6. The number of nitrogens with one attached hydrogen (secondary N) is 1. The molecule has 0 radical (unpaired) electrons. The Morgan fingerprint density at radius 1 is 0.935 bits per heavy atom. The Morgan fingerprint density at radius 3 is 2.29 bits per heavy atom. The van der Waals surface area contributed by atoms with E-state index in [1.165, 1.54) is 18.3 Å². The molecule has 0 spiro atoms. The van der Waals surface area contributed by atoms with E-state index in [2.05, 4.69) is 10.3 Å². The molecule has 1 aromatic heterocycles. The average molecular weight is 435 g/mol. The van der Waals surface area contributed by atoms with Crippen LogP contribution in [0.1, 0.15) is 23.6 Å². The lowest BCUT2D eigenvalue weighted by Crippen LogP contribution is -2.10. The van der Waals surface area contributed by atoms with E-state index < -0.39 is 9.84 Å². The summed E-state index contributed by atoms with van der Waals surface area (Å²) in [5.74, 6) is -0.312. The van der Waals surface area contributed by atoms with Gasteiger partial charge < -0.3 is 5.32 Å². The van der Waals surface area contributed by atoms with Crippen LogP contribution in [-0.4, -0.2) is 13.4 Å². The maximum Gasteiger partial charge on any atom is 0.210 e. The molecule has 0 atom stereocenters. The fourth-order valence-electron chi connectivity index (χ4n) is 3.46. The number of sulfone groups is 1. The maximum absolute atomic E-state index is 13.5. The molecule has 158 valence electrons. The van der Waals surface area contributed by atoms with Gasteiger partial charge in [0.25, 0.3) is 0 Å². The molecule has 4 nitrogen and oxygen atoms in total. The summed E-state index contributed by atoms with van der Waals surface area (Å²) in [6.45, 7) is 4.31. The second kappa shape index (κ2) is 8.47. The fraction of sp³-hybridized carbons (Fsp3) is 0.160. The topological polar surface area (TPSA) is 59.1 Å². The number of hydrogen-bond acceptors (Lipinski definition) is 4. The summed E-state index contributed by atoms with van der Waals surface area (Å²) in [5.41, 5.74) is 4.13. The smallest absolute Gasteiger partial charge is 0.210 e. The Bertz CT molecular complexity index is 1330. The van der Waals surface area contributed by atoms with Crippen molar-refractivity contribution in [3.05, 3.63) is 95.4 Å². The summed E-state index contributed by atoms with van der Waals surface area (Å²) in [6, 6.07) is 18.8. The SMILES string of the molecule is CCc1ccc2ncc(S(=O)(=O)c3ccc(C)cc3)c(NCc3ccc(F)cc3)c2c1. The molecule has 0 aliphatic rings. The Morgan fingerprint density at radius 2 is 1.61 bits per heavy atom. The van der Waals surface area contributed by atoms with Gasteiger partial charge in [-0.25, -0.2) is 12.8 Å². The van der Waals surface area contributed by atoms with Crippen molar-refractivity contribution < 1.29 is 12.8 Å². The number of aryl methyl sites for hydroxylation is 2. The summed E-state index contributed by atoms with van der Waals surface area (Å²) in [7, 11) is -3.79. The molecule has 0 saturated carbocycles. The van der Waals surface area contributed by atoms with E-state index in [1.807, 2.05) is 32.0 Å². The third kappa shape index (κ3) is 4.30. The molecule has 6 heteroatoms. The molecule has 1 N–H and O–H groups in total. The molecule has 0 unspecified atom stereocenters. The Labute approximate surface area is 181 Å². The van der Waals surface area contributed by atoms with Crippen LogP contribution in [0.2, 0.25) is 0 Å². The van der Waals surface area contributed by atoms with E-state index in [1.54, 1.807) is 36.4 Å². The summed E-state index contributed by atoms with van der Waals surface area (Å²) in [5, 5.41) is 4.03. The van der Waals surface area contributed by atoms with Gasteiger partial charge in [0.2, 0.25) is 9.84 Å². The molecule has 0 bridgehead atoms. The van der Waals surface area contributed by atoms with Crippen LogP contribution in [-0.2, 0) is 22.8 Å². The van der Waals surface area contributed by atoms with Crippen LogP contribution in [0, 0.1) is 12.7 Å². The monoisotopic (exact) mass is 434 g/mol. The summed E-state index contributed by atoms with van der Waals surface area (Å²) in [4.78, 5) is 4.77. The van der Waals surface area contributed by atoms with Gasteiger partial charge in [-0.15, -0.1) is 0 Å². The summed E-state index contributed by atoms with van der Waals surface area (Å²) in [6.07, 6.45) is 2.23. The number of halogens is 1. The quantitative estimate of drug-likeness (QED) is 0.424. The van der Waals surface area contributed by atoms with Crippen molar-refractivity contribution in [3.63, 3.8) is 0 Å². The highest BCUT2D eigenvalue weighted by molar-refractivity contribution is 7.91. The van der Waals surface area contributed by atoms with Crippen LogP contribution >= 0.6 is 0 Å². The van der Waals surface area contributed by atoms with Crippen LogP contribution in [0.25, 0.3) is 10.9 Å². The predicted molar refractivity (Wildman–Crippen MR) is 121 cm³/mol. The fourth-order valence-corrected chi connectivity index (χ4v) is 4.86. The molecule has 3 aromatic carbocycles. The van der Waals surface area contributed by atoms with Crippen LogP contribution in [0.15, 0.2) is 82.7 Å². The lowest BCUT2D eigenvalue weighted by molar-refractivity contribution is 0.596. The molecule has 0 fully saturated rings. The largest absolute Gasteiger partial charge is 0.379 e. The molecule has 4 rings (SSSR count). The van der Waals surface area contributed by atoms with Gasteiger partial charge in [-0.1, -0.05) is 42.8 Å². The van der Waals surface area contributed by atoms with Gasteiger partial charge in [-0.3, -0.25) is 4.98 Å². The summed E-state index contributed by atoms with van der Waals surface area (Å²) >= 11 is 0. The molecule has 0 aliphatic carbocycles. The van der Waals surface area contributed by atoms with Crippen LogP contribution in [0.5, 0.6) is 0 Å². The van der Waals surface area contributed by atoms with Gasteiger partial charge in [0.1, 0.15) is 10.7 Å². The number of anilines is 1. The van der Waals surface area contributed by atoms with Crippen molar-refractivity contribution in [1.29, 1.82) is 0 Å². The summed E-state index contributed by atoms with van der Waals surface area (Å²) < 4.78 is 40.3. The van der Waals surface area contributed by atoms with E-state index in [0.717, 1.165) is 28.5 Å². The lowest BCUT2D eigenvalue weighted by Gasteiger charge is -2.16. The Kier molecular flexibility index (Phi) is 5.74. The van der Waals surface area contributed by atoms with Crippen molar-refractivity contribution in [2.75, 3.05) is 5.32 Å². The molecule has 1 heterocycles. The third-order valence-corrected chi connectivity index (χ3v) is 7.09. The highest BCUT2D eigenvalue weighted by atomic mass is 32.2. The van der Waals surface area contributed by atoms with E-state index in [4.69, 9.17) is 0 Å². The average Bonchev–Trinajstić information content (AvgIpc) is 2.78. The zero-order valence-corrected chi connectivity index (χ0v) is 18.2. The minimum atomic E-state index is -3.79. The first-order chi connectivity index (χ1) is 14.9. The van der Waals surface area contributed by atoms with Crippen LogP contribution < -0.4 is 5.32 Å². The second-order valence-electron chi connectivity index (χ2n) is 7.50. The van der Waals surface area contributed by atoms with Crippen molar-refractivity contribution in [2.24, 2.45) is 0 Å². The number of pyridine rings is 1. The standard InChI is InChI=1S/C25H23FN2O2S/c1-3-18-8-13-23-22(14-18)25(28-15-19-6-9-20(26)10-7-19)24(16-27-23)31(29,30)21-11-4-17(2)5-12-21/h4-14,16H,3,15H2,1-2H3,(H,27,28). The van der Waals surface area contributed by atoms with Gasteiger partial charge in [-0.2, -0.15) is 0 Å². The number of aromatic nitrogens is 1. The van der Waals surface area contributed by atoms with Gasteiger partial charge in [0.15, 0.2) is 0 Å². The molecule has 0 aliphatic heterocycles. The van der Waals surface area contributed by atoms with E-state index in [9.17, 15) is 12.8 Å². The van der Waals surface area contributed by atoms with Crippen molar-refractivity contribution in [2.45, 2.75) is 36.6 Å². The number of rotatable bonds is 6. The molecule has 0 saturated heterocycles. The number of nitrogens with zero attached hydrogens (tertiary/aromatic N) is 1. The van der Waals surface area contributed by atoms with Crippen LogP contribution in [0.4, 0.5) is 10.1 Å². The third-order valence-electron chi connectivity index (χ3n) is 5.31. The van der Waals surface area contributed by atoms with Crippen molar-refractivity contribution >= 4 is 26.4 Å². The zero-order valence-electron chi connectivity index (χ0n) is 17.4. The first-order valence-corrected chi connectivity index (χ1v) is 11.6. The number of benzene rings is 3. The van der Waals surface area contributed by atoms with E-state index >= 15 is 0 Å². The molecule has 4 aromatic rings. The van der Waals surface area contributed by atoms with Gasteiger partial charge in [0.05, 0.1) is 16.1 Å². The molecule has 31 heavy (non-hydrogen) atoms.